The lowest BCUT2D eigenvalue weighted by Gasteiger charge is -2.24. The van der Waals surface area contributed by atoms with E-state index in [0.29, 0.717) is 16.7 Å². The van der Waals surface area contributed by atoms with E-state index in [1.165, 1.54) is 11.8 Å². The van der Waals surface area contributed by atoms with E-state index in [0.717, 1.165) is 16.7 Å². The van der Waals surface area contributed by atoms with Gasteiger partial charge in [-0.2, -0.15) is 4.99 Å². The number of fused-ring (bicyclic) bond motifs is 1. The number of amides is 1. The number of aryl methyl sites for hydroxylation is 1. The van der Waals surface area contributed by atoms with Crippen LogP contribution in [-0.2, 0) is 27.6 Å². The van der Waals surface area contributed by atoms with E-state index < -0.39 is 9.84 Å². The number of sulfone groups is 1. The molecule has 0 saturated carbocycles. The van der Waals surface area contributed by atoms with Gasteiger partial charge in [0.05, 0.1) is 24.0 Å². The smallest absolute Gasteiger partial charge is 0.252 e. The Balaban J connectivity index is 1.56. The standard InChI is InChI=1S/C21H21ClN2O3S2/c1-14-2-4-16(5-3-14)11-24-18-12-29(26,27)13-19(18)28-21(24)23-20(25)10-15-6-8-17(22)9-7-15/h2-9,18-19H,10-13H2,1H3/t18-,19+/m1/s1. The van der Waals surface area contributed by atoms with E-state index in [-0.39, 0.29) is 35.1 Å². The number of thioether (sulfide) groups is 1. The number of rotatable bonds is 4. The molecule has 2 saturated heterocycles. The second-order valence-corrected chi connectivity index (χ2v) is 11.3. The van der Waals surface area contributed by atoms with Gasteiger partial charge in [0.1, 0.15) is 0 Å². The SMILES string of the molecule is Cc1ccc(CN2C(=NC(=O)Cc3ccc(Cl)cc3)S[C@H]3CS(=O)(=O)C[C@H]32)cc1. The van der Waals surface area contributed by atoms with Gasteiger partial charge in [-0.1, -0.05) is 65.3 Å². The van der Waals surface area contributed by atoms with Crippen molar-refractivity contribution in [3.05, 3.63) is 70.2 Å². The van der Waals surface area contributed by atoms with Gasteiger partial charge in [-0.25, -0.2) is 8.42 Å². The molecule has 2 aliphatic heterocycles. The maximum absolute atomic E-state index is 12.6. The Hall–Kier alpha value is -1.83. The Labute approximate surface area is 180 Å². The van der Waals surface area contributed by atoms with Crippen molar-refractivity contribution in [3.63, 3.8) is 0 Å². The van der Waals surface area contributed by atoms with Crippen molar-refractivity contribution in [1.82, 2.24) is 4.90 Å². The molecule has 0 unspecified atom stereocenters. The number of carbonyl (C=O) groups excluding carboxylic acids is 1. The molecule has 5 nitrogen and oxygen atoms in total. The normalized spacial score (nSPS) is 24.1. The van der Waals surface area contributed by atoms with Crippen LogP contribution in [-0.4, -0.2) is 47.2 Å². The van der Waals surface area contributed by atoms with Gasteiger partial charge < -0.3 is 4.90 Å². The minimum absolute atomic E-state index is 0.0764. The predicted octanol–water partition coefficient (Wildman–Crippen LogP) is 3.49. The molecule has 152 valence electrons. The predicted molar refractivity (Wildman–Crippen MR) is 118 cm³/mol. The van der Waals surface area contributed by atoms with Gasteiger partial charge in [-0.3, -0.25) is 4.79 Å². The van der Waals surface area contributed by atoms with Crippen molar-refractivity contribution >= 4 is 44.3 Å². The molecule has 2 aromatic rings. The molecule has 2 aromatic carbocycles. The van der Waals surface area contributed by atoms with Gasteiger partial charge in [-0.05, 0) is 30.2 Å². The van der Waals surface area contributed by atoms with Crippen LogP contribution in [0, 0.1) is 6.92 Å². The summed E-state index contributed by atoms with van der Waals surface area (Å²) in [6.07, 6.45) is 0.188. The van der Waals surface area contributed by atoms with Gasteiger partial charge in [0.25, 0.3) is 5.91 Å². The van der Waals surface area contributed by atoms with Crippen molar-refractivity contribution in [2.24, 2.45) is 4.99 Å². The number of nitrogens with zero attached hydrogens (tertiary/aromatic N) is 2. The average Bonchev–Trinajstić information content (AvgIpc) is 3.11. The Morgan fingerprint density at radius 3 is 2.45 bits per heavy atom. The number of aliphatic imine (C=N–C) groups is 1. The molecule has 2 atom stereocenters. The number of carbonyl (C=O) groups is 1. The summed E-state index contributed by atoms with van der Waals surface area (Å²) >= 11 is 7.31. The fourth-order valence-corrected chi connectivity index (χ4v) is 7.73. The fourth-order valence-electron chi connectivity index (χ4n) is 3.63. The monoisotopic (exact) mass is 448 g/mol. The van der Waals surface area contributed by atoms with Crippen LogP contribution in [0.4, 0.5) is 0 Å². The molecule has 0 aromatic heterocycles. The third-order valence-corrected chi connectivity index (χ3v) is 8.64. The summed E-state index contributed by atoms with van der Waals surface area (Å²) in [4.78, 5) is 18.9. The zero-order valence-electron chi connectivity index (χ0n) is 15.9. The lowest BCUT2D eigenvalue weighted by atomic mass is 10.1. The highest BCUT2D eigenvalue weighted by molar-refractivity contribution is 8.15. The Morgan fingerprint density at radius 2 is 1.76 bits per heavy atom. The molecule has 0 N–H and O–H groups in total. The summed E-state index contributed by atoms with van der Waals surface area (Å²) in [6, 6.07) is 15.1. The lowest BCUT2D eigenvalue weighted by molar-refractivity contribution is -0.117. The van der Waals surface area contributed by atoms with Crippen LogP contribution in [0.1, 0.15) is 16.7 Å². The van der Waals surface area contributed by atoms with Crippen LogP contribution < -0.4 is 0 Å². The largest absolute Gasteiger partial charge is 0.342 e. The van der Waals surface area contributed by atoms with Crippen molar-refractivity contribution < 1.29 is 13.2 Å². The van der Waals surface area contributed by atoms with Gasteiger partial charge in [-0.15, -0.1) is 0 Å². The number of benzene rings is 2. The molecule has 2 aliphatic rings. The Morgan fingerprint density at radius 1 is 1.10 bits per heavy atom. The second kappa shape index (κ2) is 8.13. The van der Waals surface area contributed by atoms with Gasteiger partial charge in [0.15, 0.2) is 15.0 Å². The first-order valence-corrected chi connectivity index (χ1v) is 12.4. The van der Waals surface area contributed by atoms with E-state index in [1.807, 2.05) is 48.2 Å². The third-order valence-electron chi connectivity index (χ3n) is 5.14. The second-order valence-electron chi connectivity index (χ2n) is 7.51. The zero-order chi connectivity index (χ0) is 20.6. The van der Waals surface area contributed by atoms with Crippen molar-refractivity contribution in [3.8, 4) is 0 Å². The molecule has 2 heterocycles. The quantitative estimate of drug-likeness (QED) is 0.716. The molecule has 29 heavy (non-hydrogen) atoms. The van der Waals surface area contributed by atoms with Crippen LogP contribution >= 0.6 is 23.4 Å². The lowest BCUT2D eigenvalue weighted by Crippen LogP contribution is -2.37. The van der Waals surface area contributed by atoms with Crippen LogP contribution in [0.2, 0.25) is 5.02 Å². The fraction of sp³-hybridized carbons (Fsp3) is 0.333. The molecule has 0 radical (unpaired) electrons. The Kier molecular flexibility index (Phi) is 5.73. The highest BCUT2D eigenvalue weighted by atomic mass is 35.5. The van der Waals surface area contributed by atoms with Gasteiger partial charge in [0.2, 0.25) is 0 Å². The molecule has 0 bridgehead atoms. The first-order valence-electron chi connectivity index (χ1n) is 9.34. The minimum atomic E-state index is -3.06. The molecule has 0 aliphatic carbocycles. The summed E-state index contributed by atoms with van der Waals surface area (Å²) in [5.74, 6) is 0.00414. The van der Waals surface area contributed by atoms with Crippen molar-refractivity contribution in [1.29, 1.82) is 0 Å². The Bertz CT molecular complexity index is 1050. The maximum Gasteiger partial charge on any atom is 0.252 e. The number of halogens is 1. The minimum Gasteiger partial charge on any atom is -0.342 e. The first-order chi connectivity index (χ1) is 13.8. The highest BCUT2D eigenvalue weighted by Gasteiger charge is 2.48. The van der Waals surface area contributed by atoms with E-state index in [2.05, 4.69) is 4.99 Å². The van der Waals surface area contributed by atoms with Crippen LogP contribution in [0.5, 0.6) is 0 Å². The van der Waals surface area contributed by atoms with E-state index in [1.54, 1.807) is 12.1 Å². The third kappa shape index (κ3) is 4.85. The van der Waals surface area contributed by atoms with Crippen LogP contribution in [0.15, 0.2) is 53.5 Å². The summed E-state index contributed by atoms with van der Waals surface area (Å²) < 4.78 is 24.3. The van der Waals surface area contributed by atoms with E-state index in [4.69, 9.17) is 11.6 Å². The zero-order valence-corrected chi connectivity index (χ0v) is 18.3. The summed E-state index contributed by atoms with van der Waals surface area (Å²) in [6.45, 7) is 2.56. The molecular weight excluding hydrogens is 428 g/mol. The number of hydrogen-bond donors (Lipinski definition) is 0. The van der Waals surface area contributed by atoms with E-state index >= 15 is 0 Å². The topological polar surface area (TPSA) is 66.8 Å². The van der Waals surface area contributed by atoms with Gasteiger partial charge >= 0.3 is 0 Å². The maximum atomic E-state index is 12.6. The molecular formula is C21H21ClN2O3S2. The summed E-state index contributed by atoms with van der Waals surface area (Å²) in [5, 5.41) is 1.17. The molecule has 0 spiro atoms. The molecule has 1 amide bonds. The highest BCUT2D eigenvalue weighted by Crippen LogP contribution is 2.39. The first kappa shape index (κ1) is 20.4. The average molecular weight is 449 g/mol. The molecule has 4 rings (SSSR count). The van der Waals surface area contributed by atoms with Crippen LogP contribution in [0.25, 0.3) is 0 Å². The summed E-state index contributed by atoms with van der Waals surface area (Å²) in [5.41, 5.74) is 3.08. The molecule has 8 heteroatoms. The number of amidine groups is 1. The van der Waals surface area contributed by atoms with Crippen LogP contribution in [0.3, 0.4) is 0 Å². The summed E-state index contributed by atoms with van der Waals surface area (Å²) in [7, 11) is -3.06. The van der Waals surface area contributed by atoms with Crippen molar-refractivity contribution in [2.45, 2.75) is 31.2 Å². The van der Waals surface area contributed by atoms with Crippen molar-refractivity contribution in [2.75, 3.05) is 11.5 Å². The van der Waals surface area contributed by atoms with Gasteiger partial charge in [0, 0.05) is 16.8 Å². The van der Waals surface area contributed by atoms with E-state index in [9.17, 15) is 13.2 Å². The molecule has 2 fully saturated rings. The number of hydrogen-bond acceptors (Lipinski definition) is 4.